The van der Waals surface area contributed by atoms with Crippen molar-refractivity contribution in [1.82, 2.24) is 4.98 Å². The van der Waals surface area contributed by atoms with Crippen molar-refractivity contribution in [3.8, 4) is 5.75 Å². The van der Waals surface area contributed by atoms with E-state index in [2.05, 4.69) is 15.0 Å². The smallest absolute Gasteiger partial charge is 0.261 e. The lowest BCUT2D eigenvalue weighted by atomic mass is 10.2. The van der Waals surface area contributed by atoms with Gasteiger partial charge >= 0.3 is 0 Å². The number of pyridine rings is 1. The number of aromatic nitrogens is 1. The second-order valence-corrected chi connectivity index (χ2v) is 11.0. The van der Waals surface area contributed by atoms with E-state index in [1.807, 2.05) is 0 Å². The topological polar surface area (TPSA) is 135 Å². The van der Waals surface area contributed by atoms with Gasteiger partial charge in [0.15, 0.2) is 0 Å². The highest BCUT2D eigenvalue weighted by Gasteiger charge is 2.24. The molecule has 2 aromatic carbocycles. The number of nitrogens with one attached hydrogen (secondary N) is 2. The van der Waals surface area contributed by atoms with Crippen molar-refractivity contribution in [3.63, 3.8) is 0 Å². The molecule has 12 heteroatoms. The highest BCUT2D eigenvalue weighted by molar-refractivity contribution is 7.92. The third-order valence-electron chi connectivity index (χ3n) is 4.65. The Kier molecular flexibility index (Phi) is 7.42. The molecule has 1 amide bonds. The van der Waals surface area contributed by atoms with Gasteiger partial charge in [-0.15, -0.1) is 0 Å². The summed E-state index contributed by atoms with van der Waals surface area (Å²) in [6.07, 6.45) is 3.90. The third kappa shape index (κ3) is 6.23. The minimum Gasteiger partial charge on any atom is -0.495 e. The number of nitrogens with zero attached hydrogens (tertiary/aromatic N) is 2. The number of rotatable bonds is 9. The van der Waals surface area contributed by atoms with Crippen molar-refractivity contribution in [1.29, 1.82) is 0 Å². The standard InChI is InChI=1S/C22H24N4O6S2/c1-16-6-11-21(32-2)20(13-16)26(33(3,28)29)15-22(27)24-17-7-9-19(10-8-17)34(30,31)25-18-5-4-12-23-14-18/h4-14,25H,15H2,1-3H3,(H,24,27). The number of amides is 1. The molecule has 0 spiro atoms. The minimum atomic E-state index is -3.85. The summed E-state index contributed by atoms with van der Waals surface area (Å²) in [7, 11) is -6.25. The Morgan fingerprint density at radius 3 is 2.32 bits per heavy atom. The highest BCUT2D eigenvalue weighted by atomic mass is 32.2. The molecule has 1 aromatic heterocycles. The predicted molar refractivity (Wildman–Crippen MR) is 130 cm³/mol. The molecule has 1 heterocycles. The first-order valence-electron chi connectivity index (χ1n) is 9.95. The average Bonchev–Trinajstić information content (AvgIpc) is 2.77. The number of carbonyl (C=O) groups excluding carboxylic acids is 1. The molecule has 0 radical (unpaired) electrons. The van der Waals surface area contributed by atoms with E-state index in [1.54, 1.807) is 37.3 Å². The average molecular weight is 505 g/mol. The number of hydrogen-bond donors (Lipinski definition) is 2. The number of benzene rings is 2. The Morgan fingerprint density at radius 2 is 1.74 bits per heavy atom. The Bertz CT molecular complexity index is 1380. The van der Waals surface area contributed by atoms with E-state index in [-0.39, 0.29) is 10.6 Å². The maximum absolute atomic E-state index is 12.7. The van der Waals surface area contributed by atoms with Gasteiger partial charge in [0.1, 0.15) is 12.3 Å². The zero-order valence-electron chi connectivity index (χ0n) is 18.7. The summed E-state index contributed by atoms with van der Waals surface area (Å²) in [6.45, 7) is 1.30. The number of methoxy groups -OCH3 is 1. The van der Waals surface area contributed by atoms with Gasteiger partial charge in [-0.25, -0.2) is 16.8 Å². The van der Waals surface area contributed by atoms with Gasteiger partial charge in [0.05, 0.1) is 35.8 Å². The molecule has 3 rings (SSSR count). The van der Waals surface area contributed by atoms with Crippen LogP contribution in [-0.2, 0) is 24.8 Å². The molecule has 10 nitrogen and oxygen atoms in total. The van der Waals surface area contributed by atoms with Crippen LogP contribution in [0.15, 0.2) is 71.9 Å². The van der Waals surface area contributed by atoms with Gasteiger partial charge in [-0.3, -0.25) is 18.8 Å². The number of anilines is 3. The van der Waals surface area contributed by atoms with Crippen molar-refractivity contribution in [2.24, 2.45) is 0 Å². The Labute approximate surface area is 198 Å². The van der Waals surface area contributed by atoms with E-state index in [9.17, 15) is 21.6 Å². The number of ether oxygens (including phenoxy) is 1. The molecular formula is C22H24N4O6S2. The Hall–Kier alpha value is -3.64. The van der Waals surface area contributed by atoms with Crippen LogP contribution in [0.3, 0.4) is 0 Å². The van der Waals surface area contributed by atoms with E-state index < -0.39 is 32.5 Å². The van der Waals surface area contributed by atoms with Crippen LogP contribution in [0.2, 0.25) is 0 Å². The van der Waals surface area contributed by atoms with Gasteiger partial charge in [0.2, 0.25) is 15.9 Å². The largest absolute Gasteiger partial charge is 0.495 e. The first kappa shape index (κ1) is 25.0. The molecule has 0 saturated heterocycles. The fraction of sp³-hybridized carbons (Fsp3) is 0.182. The number of carbonyl (C=O) groups is 1. The first-order valence-corrected chi connectivity index (χ1v) is 13.3. The number of aryl methyl sites for hydroxylation is 1. The summed E-state index contributed by atoms with van der Waals surface area (Å²) in [5.41, 5.74) is 1.65. The summed E-state index contributed by atoms with van der Waals surface area (Å²) in [6, 6.07) is 13.6. The van der Waals surface area contributed by atoms with Crippen molar-refractivity contribution in [2.75, 3.05) is 34.3 Å². The number of hydrogen-bond acceptors (Lipinski definition) is 7. The van der Waals surface area contributed by atoms with E-state index >= 15 is 0 Å². The molecule has 0 aliphatic heterocycles. The maximum atomic E-state index is 12.7. The summed E-state index contributed by atoms with van der Waals surface area (Å²) in [4.78, 5) is 16.5. The van der Waals surface area contributed by atoms with E-state index in [1.165, 1.54) is 43.8 Å². The van der Waals surface area contributed by atoms with Crippen molar-refractivity contribution >= 4 is 43.0 Å². The second kappa shape index (κ2) is 10.1. The minimum absolute atomic E-state index is 0.0170. The Morgan fingerprint density at radius 1 is 1.03 bits per heavy atom. The summed E-state index contributed by atoms with van der Waals surface area (Å²) in [5.74, 6) is -0.308. The Balaban J connectivity index is 1.75. The lowest BCUT2D eigenvalue weighted by Crippen LogP contribution is -2.37. The molecule has 0 atom stereocenters. The van der Waals surface area contributed by atoms with Crippen LogP contribution in [0, 0.1) is 6.92 Å². The third-order valence-corrected chi connectivity index (χ3v) is 7.18. The van der Waals surface area contributed by atoms with Gasteiger partial charge in [-0.2, -0.15) is 0 Å². The van der Waals surface area contributed by atoms with Crippen LogP contribution >= 0.6 is 0 Å². The molecule has 0 bridgehead atoms. The highest BCUT2D eigenvalue weighted by Crippen LogP contribution is 2.31. The molecule has 0 aliphatic rings. The first-order chi connectivity index (χ1) is 16.0. The van der Waals surface area contributed by atoms with E-state index in [0.29, 0.717) is 17.1 Å². The fourth-order valence-electron chi connectivity index (χ4n) is 3.06. The van der Waals surface area contributed by atoms with Gasteiger partial charge in [0.25, 0.3) is 10.0 Å². The van der Waals surface area contributed by atoms with Crippen LogP contribution in [0.25, 0.3) is 0 Å². The van der Waals surface area contributed by atoms with Crippen LogP contribution in [0.1, 0.15) is 5.56 Å². The van der Waals surface area contributed by atoms with Crippen LogP contribution in [-0.4, -0.2) is 47.6 Å². The van der Waals surface area contributed by atoms with E-state index in [4.69, 9.17) is 4.74 Å². The molecule has 0 saturated carbocycles. The molecule has 2 N–H and O–H groups in total. The lowest BCUT2D eigenvalue weighted by Gasteiger charge is -2.24. The SMILES string of the molecule is COc1ccc(C)cc1N(CC(=O)Nc1ccc(S(=O)(=O)Nc2cccnc2)cc1)S(C)(=O)=O. The maximum Gasteiger partial charge on any atom is 0.261 e. The van der Waals surface area contributed by atoms with E-state index in [0.717, 1.165) is 16.1 Å². The van der Waals surface area contributed by atoms with Gasteiger partial charge in [-0.05, 0) is 61.0 Å². The summed E-state index contributed by atoms with van der Waals surface area (Å²) in [5, 5.41) is 2.58. The molecule has 34 heavy (non-hydrogen) atoms. The molecule has 180 valence electrons. The monoisotopic (exact) mass is 504 g/mol. The second-order valence-electron chi connectivity index (χ2n) is 7.36. The van der Waals surface area contributed by atoms with Gasteiger partial charge < -0.3 is 10.1 Å². The predicted octanol–water partition coefficient (Wildman–Crippen LogP) is 2.60. The molecule has 3 aromatic rings. The van der Waals surface area contributed by atoms with Crippen LogP contribution < -0.4 is 19.1 Å². The summed E-state index contributed by atoms with van der Waals surface area (Å²) >= 11 is 0. The van der Waals surface area contributed by atoms with Crippen molar-refractivity contribution in [2.45, 2.75) is 11.8 Å². The zero-order chi connectivity index (χ0) is 24.9. The van der Waals surface area contributed by atoms with Gasteiger partial charge in [-0.1, -0.05) is 6.07 Å². The van der Waals surface area contributed by atoms with Gasteiger partial charge in [0, 0.05) is 11.9 Å². The quantitative estimate of drug-likeness (QED) is 0.457. The molecular weight excluding hydrogens is 480 g/mol. The van der Waals surface area contributed by atoms with Crippen LogP contribution in [0.4, 0.5) is 17.1 Å². The van der Waals surface area contributed by atoms with Crippen molar-refractivity contribution in [3.05, 3.63) is 72.6 Å². The van der Waals surface area contributed by atoms with Crippen molar-refractivity contribution < 1.29 is 26.4 Å². The summed E-state index contributed by atoms with van der Waals surface area (Å²) < 4.78 is 58.5. The lowest BCUT2D eigenvalue weighted by molar-refractivity contribution is -0.114. The molecule has 0 unspecified atom stereocenters. The fourth-order valence-corrected chi connectivity index (χ4v) is 4.96. The van der Waals surface area contributed by atoms with Crippen LogP contribution in [0.5, 0.6) is 5.75 Å². The molecule has 0 aliphatic carbocycles. The zero-order valence-corrected chi connectivity index (χ0v) is 20.4. The number of sulfonamides is 2. The molecule has 0 fully saturated rings. The normalized spacial score (nSPS) is 11.5.